The Morgan fingerprint density at radius 2 is 2.00 bits per heavy atom. The Balaban J connectivity index is 1.37. The molecule has 2 atom stereocenters. The Bertz CT molecular complexity index is 546. The van der Waals surface area contributed by atoms with Gasteiger partial charge in [-0.05, 0) is 37.8 Å². The highest BCUT2D eigenvalue weighted by Gasteiger charge is 2.31. The molecule has 3 rings (SSSR count). The number of hydrogen-bond acceptors (Lipinski definition) is 4. The monoisotopic (exact) mass is 371 g/mol. The van der Waals surface area contributed by atoms with Crippen LogP contribution in [0.3, 0.4) is 0 Å². The summed E-state index contributed by atoms with van der Waals surface area (Å²) in [6.07, 6.45) is 6.11. The van der Waals surface area contributed by atoms with Gasteiger partial charge in [-0.3, -0.25) is 4.90 Å². The Hall–Kier alpha value is -0.820. The first-order chi connectivity index (χ1) is 11.6. The number of rotatable bonds is 4. The topological polar surface area (TPSA) is 64.6 Å². The van der Waals surface area contributed by atoms with Crippen LogP contribution in [0.25, 0.3) is 0 Å². The van der Waals surface area contributed by atoms with Crippen molar-refractivity contribution in [1.29, 1.82) is 0 Å². The molecule has 2 unspecified atom stereocenters. The molecule has 24 heavy (non-hydrogen) atoms. The van der Waals surface area contributed by atoms with Crippen molar-refractivity contribution in [3.8, 4) is 0 Å². The third kappa shape index (κ3) is 4.85. The van der Waals surface area contributed by atoms with Gasteiger partial charge in [0.15, 0.2) is 0 Å². The SMILES string of the molecule is O=C(NCc1ccc(Cl)s1)NC1CCN(C2CCCCC2O)CC1. The van der Waals surface area contributed by atoms with Crippen LogP contribution in [0.4, 0.5) is 4.79 Å². The van der Waals surface area contributed by atoms with E-state index >= 15 is 0 Å². The van der Waals surface area contributed by atoms with Crippen molar-refractivity contribution < 1.29 is 9.90 Å². The minimum atomic E-state index is -0.177. The van der Waals surface area contributed by atoms with Crippen molar-refractivity contribution in [3.63, 3.8) is 0 Å². The van der Waals surface area contributed by atoms with Crippen LogP contribution in [0.15, 0.2) is 12.1 Å². The molecule has 1 saturated carbocycles. The van der Waals surface area contributed by atoms with Gasteiger partial charge in [0.1, 0.15) is 0 Å². The fourth-order valence-electron chi connectivity index (χ4n) is 3.74. The first-order valence-corrected chi connectivity index (χ1v) is 10.0. The van der Waals surface area contributed by atoms with E-state index in [2.05, 4.69) is 15.5 Å². The second-order valence-corrected chi connectivity index (χ2v) is 8.56. The molecule has 1 aliphatic carbocycles. The average Bonchev–Trinajstić information content (AvgIpc) is 3.00. The van der Waals surface area contributed by atoms with E-state index in [-0.39, 0.29) is 18.2 Å². The zero-order valence-corrected chi connectivity index (χ0v) is 15.4. The van der Waals surface area contributed by atoms with Crippen molar-refractivity contribution in [1.82, 2.24) is 15.5 Å². The zero-order valence-electron chi connectivity index (χ0n) is 13.8. The number of hydrogen-bond donors (Lipinski definition) is 3. The summed E-state index contributed by atoms with van der Waals surface area (Å²) in [5.74, 6) is 0. The summed E-state index contributed by atoms with van der Waals surface area (Å²) >= 11 is 7.37. The molecule has 0 aromatic carbocycles. The fourth-order valence-corrected chi connectivity index (χ4v) is 4.77. The third-order valence-corrected chi connectivity index (χ3v) is 6.31. The van der Waals surface area contributed by atoms with E-state index in [1.165, 1.54) is 17.8 Å². The quantitative estimate of drug-likeness (QED) is 0.762. The maximum atomic E-state index is 12.0. The number of likely N-dealkylation sites (tertiary alicyclic amines) is 1. The van der Waals surface area contributed by atoms with Crippen LogP contribution in [-0.2, 0) is 6.54 Å². The molecule has 0 radical (unpaired) electrons. The number of nitrogens with one attached hydrogen (secondary N) is 2. The first-order valence-electron chi connectivity index (χ1n) is 8.82. The standard InChI is InChI=1S/C17H26ClN3O2S/c18-16-6-5-13(24-16)11-19-17(23)20-12-7-9-21(10-8-12)14-3-1-2-4-15(14)22/h5-6,12,14-15,22H,1-4,7-11H2,(H2,19,20,23). The van der Waals surface area contributed by atoms with Crippen molar-refractivity contribution in [2.75, 3.05) is 13.1 Å². The molecule has 1 aromatic heterocycles. The van der Waals surface area contributed by atoms with Gasteiger partial charge in [0, 0.05) is 30.1 Å². The Labute approximate surface area is 152 Å². The molecule has 1 saturated heterocycles. The van der Waals surface area contributed by atoms with Gasteiger partial charge < -0.3 is 15.7 Å². The lowest BCUT2D eigenvalue weighted by Crippen LogP contribution is -2.53. The van der Waals surface area contributed by atoms with Crippen LogP contribution in [0, 0.1) is 0 Å². The number of aliphatic hydroxyl groups excluding tert-OH is 1. The molecule has 2 amide bonds. The minimum Gasteiger partial charge on any atom is -0.391 e. The number of carbonyl (C=O) groups excluding carboxylic acids is 1. The van der Waals surface area contributed by atoms with E-state index in [1.54, 1.807) is 0 Å². The highest BCUT2D eigenvalue weighted by molar-refractivity contribution is 7.16. The third-order valence-electron chi connectivity index (χ3n) is 5.08. The smallest absolute Gasteiger partial charge is 0.315 e. The van der Waals surface area contributed by atoms with E-state index < -0.39 is 0 Å². The lowest BCUT2D eigenvalue weighted by molar-refractivity contribution is 0.00777. The van der Waals surface area contributed by atoms with Gasteiger partial charge in [0.05, 0.1) is 17.0 Å². The molecule has 2 fully saturated rings. The largest absolute Gasteiger partial charge is 0.391 e. The Morgan fingerprint density at radius 3 is 2.67 bits per heavy atom. The summed E-state index contributed by atoms with van der Waals surface area (Å²) < 4.78 is 0.740. The van der Waals surface area contributed by atoms with Gasteiger partial charge in [-0.25, -0.2) is 4.79 Å². The van der Waals surface area contributed by atoms with Crippen molar-refractivity contribution in [2.45, 2.75) is 63.3 Å². The number of carbonyl (C=O) groups is 1. The molecule has 1 aliphatic heterocycles. The van der Waals surface area contributed by atoms with Gasteiger partial charge in [-0.15, -0.1) is 11.3 Å². The zero-order chi connectivity index (χ0) is 16.9. The second kappa shape index (κ2) is 8.52. The van der Waals surface area contributed by atoms with E-state index in [4.69, 9.17) is 11.6 Å². The Morgan fingerprint density at radius 1 is 1.25 bits per heavy atom. The van der Waals surface area contributed by atoms with Crippen LogP contribution < -0.4 is 10.6 Å². The fraction of sp³-hybridized carbons (Fsp3) is 0.706. The highest BCUT2D eigenvalue weighted by atomic mass is 35.5. The molecule has 5 nitrogen and oxygen atoms in total. The van der Waals surface area contributed by atoms with Crippen molar-refractivity contribution in [3.05, 3.63) is 21.3 Å². The molecule has 0 spiro atoms. The molecule has 7 heteroatoms. The van der Waals surface area contributed by atoms with Gasteiger partial charge in [0.25, 0.3) is 0 Å². The van der Waals surface area contributed by atoms with Gasteiger partial charge >= 0.3 is 6.03 Å². The number of piperidine rings is 1. The average molecular weight is 372 g/mol. The van der Waals surface area contributed by atoms with Gasteiger partial charge in [-0.2, -0.15) is 0 Å². The molecule has 0 bridgehead atoms. The summed E-state index contributed by atoms with van der Waals surface area (Å²) in [5.41, 5.74) is 0. The summed E-state index contributed by atoms with van der Waals surface area (Å²) in [6.45, 7) is 2.41. The van der Waals surface area contributed by atoms with E-state index in [1.807, 2.05) is 12.1 Å². The van der Waals surface area contributed by atoms with Crippen LogP contribution >= 0.6 is 22.9 Å². The lowest BCUT2D eigenvalue weighted by Gasteiger charge is -2.41. The number of thiophene rings is 1. The van der Waals surface area contributed by atoms with Crippen LogP contribution in [0.1, 0.15) is 43.4 Å². The second-order valence-electron chi connectivity index (χ2n) is 6.76. The summed E-state index contributed by atoms with van der Waals surface area (Å²) in [5, 5.41) is 16.1. The molecule has 2 heterocycles. The lowest BCUT2D eigenvalue weighted by atomic mass is 9.89. The van der Waals surface area contributed by atoms with Crippen LogP contribution in [0.2, 0.25) is 4.34 Å². The van der Waals surface area contributed by atoms with Gasteiger partial charge in [0.2, 0.25) is 0 Å². The minimum absolute atomic E-state index is 0.115. The van der Waals surface area contributed by atoms with Crippen LogP contribution in [0.5, 0.6) is 0 Å². The molecule has 2 aliphatic rings. The predicted octanol–water partition coefficient (Wildman–Crippen LogP) is 2.97. The predicted molar refractivity (Wildman–Crippen MR) is 97.6 cm³/mol. The number of aliphatic hydroxyl groups is 1. The molecule has 3 N–H and O–H groups in total. The molecular weight excluding hydrogens is 346 g/mol. The van der Waals surface area contributed by atoms with Crippen molar-refractivity contribution >= 4 is 29.0 Å². The maximum Gasteiger partial charge on any atom is 0.315 e. The van der Waals surface area contributed by atoms with E-state index in [0.717, 1.165) is 54.4 Å². The number of halogens is 1. The first kappa shape index (κ1) is 18.0. The normalized spacial score (nSPS) is 26.2. The van der Waals surface area contributed by atoms with Crippen molar-refractivity contribution in [2.24, 2.45) is 0 Å². The summed E-state index contributed by atoms with van der Waals surface area (Å²) in [7, 11) is 0. The maximum absolute atomic E-state index is 12.0. The molecule has 1 aromatic rings. The number of urea groups is 1. The molecular formula is C17H26ClN3O2S. The molecule has 134 valence electrons. The number of nitrogens with zero attached hydrogens (tertiary/aromatic N) is 1. The van der Waals surface area contributed by atoms with Gasteiger partial charge in [-0.1, -0.05) is 24.4 Å². The number of amides is 2. The Kier molecular flexibility index (Phi) is 6.38. The van der Waals surface area contributed by atoms with E-state index in [9.17, 15) is 9.90 Å². The van der Waals surface area contributed by atoms with Crippen LogP contribution in [-0.4, -0.2) is 47.3 Å². The highest BCUT2D eigenvalue weighted by Crippen LogP contribution is 2.26. The van der Waals surface area contributed by atoms with E-state index in [0.29, 0.717) is 12.6 Å². The summed E-state index contributed by atoms with van der Waals surface area (Å²) in [4.78, 5) is 15.5. The summed E-state index contributed by atoms with van der Waals surface area (Å²) in [6, 6.07) is 4.19.